The third-order valence-electron chi connectivity index (χ3n) is 4.06. The number of para-hydroxylation sites is 1. The number of aromatic hydroxyl groups is 1. The zero-order valence-electron chi connectivity index (χ0n) is 13.8. The van der Waals surface area contributed by atoms with Gasteiger partial charge in [0.15, 0.2) is 0 Å². The van der Waals surface area contributed by atoms with Crippen LogP contribution in [0, 0.1) is 0 Å². The van der Waals surface area contributed by atoms with Gasteiger partial charge in [-0.05, 0) is 36.4 Å². The Labute approximate surface area is 160 Å². The lowest BCUT2D eigenvalue weighted by molar-refractivity contribution is -0.129. The topological polar surface area (TPSA) is 55.8 Å². The second kappa shape index (κ2) is 10.0. The van der Waals surface area contributed by atoms with Crippen LogP contribution in [0.3, 0.4) is 0 Å². The number of hydrogen-bond acceptors (Lipinski definition) is 4. The molecule has 0 saturated carbocycles. The van der Waals surface area contributed by atoms with Gasteiger partial charge in [0.05, 0.1) is 6.54 Å². The Morgan fingerprint density at radius 1 is 0.920 bits per heavy atom. The predicted molar refractivity (Wildman–Crippen MR) is 106 cm³/mol. The lowest BCUT2D eigenvalue weighted by Gasteiger charge is -2.36. The molecule has 5 nitrogen and oxygen atoms in total. The van der Waals surface area contributed by atoms with Crippen molar-refractivity contribution in [3.63, 3.8) is 0 Å². The zero-order chi connectivity index (χ0) is 16.1. The number of rotatable bonds is 4. The largest absolute Gasteiger partial charge is 0.508 e. The molecule has 3 rings (SSSR count). The van der Waals surface area contributed by atoms with Crippen molar-refractivity contribution in [3.05, 3.63) is 54.6 Å². The Balaban J connectivity index is 0.00000156. The van der Waals surface area contributed by atoms with Crippen molar-refractivity contribution in [3.8, 4) is 5.75 Å². The van der Waals surface area contributed by atoms with Gasteiger partial charge in [-0.2, -0.15) is 0 Å². The monoisotopic (exact) mass is 383 g/mol. The maximum atomic E-state index is 12.3. The first-order valence-electron chi connectivity index (χ1n) is 7.83. The molecule has 1 heterocycles. The number of phenols is 1. The van der Waals surface area contributed by atoms with Crippen molar-refractivity contribution in [1.29, 1.82) is 0 Å². The SMILES string of the molecule is Cl.Cl.O=C(CNc1ccccc1)N1CCN(c2ccc(O)cc2)CC1. The average molecular weight is 384 g/mol. The molecule has 1 saturated heterocycles. The number of halogens is 2. The van der Waals surface area contributed by atoms with Gasteiger partial charge < -0.3 is 20.2 Å². The average Bonchev–Trinajstić information content (AvgIpc) is 2.61. The summed E-state index contributed by atoms with van der Waals surface area (Å²) in [6.45, 7) is 3.37. The summed E-state index contributed by atoms with van der Waals surface area (Å²) in [7, 11) is 0. The highest BCUT2D eigenvalue weighted by Gasteiger charge is 2.20. The van der Waals surface area contributed by atoms with Crippen molar-refractivity contribution in [2.45, 2.75) is 0 Å². The van der Waals surface area contributed by atoms with E-state index in [2.05, 4.69) is 10.2 Å². The zero-order valence-corrected chi connectivity index (χ0v) is 15.4. The van der Waals surface area contributed by atoms with Crippen molar-refractivity contribution in [1.82, 2.24) is 4.90 Å². The lowest BCUT2D eigenvalue weighted by Crippen LogP contribution is -2.50. The molecule has 0 aliphatic carbocycles. The highest BCUT2D eigenvalue weighted by molar-refractivity contribution is 5.85. The van der Waals surface area contributed by atoms with Crippen LogP contribution < -0.4 is 10.2 Å². The minimum absolute atomic E-state index is 0. The van der Waals surface area contributed by atoms with E-state index in [9.17, 15) is 9.90 Å². The number of carbonyl (C=O) groups is 1. The van der Waals surface area contributed by atoms with Gasteiger partial charge in [0.1, 0.15) is 5.75 Å². The Morgan fingerprint density at radius 2 is 1.52 bits per heavy atom. The minimum Gasteiger partial charge on any atom is -0.508 e. The van der Waals surface area contributed by atoms with Crippen LogP contribution in [0.5, 0.6) is 5.75 Å². The van der Waals surface area contributed by atoms with Crippen LogP contribution in [0.15, 0.2) is 54.6 Å². The summed E-state index contributed by atoms with van der Waals surface area (Å²) in [6, 6.07) is 17.0. The third kappa shape index (κ3) is 5.73. The number of nitrogens with one attached hydrogen (secondary N) is 1. The van der Waals surface area contributed by atoms with E-state index in [0.717, 1.165) is 37.6 Å². The van der Waals surface area contributed by atoms with Crippen LogP contribution in [-0.4, -0.2) is 48.6 Å². The standard InChI is InChI=1S/C18H21N3O2.2ClH/c22-17-8-6-16(7-9-17)20-10-12-21(13-11-20)18(23)14-19-15-4-2-1-3-5-15;;/h1-9,19,22H,10-14H2;2*1H. The smallest absolute Gasteiger partial charge is 0.241 e. The van der Waals surface area contributed by atoms with Gasteiger partial charge in [-0.25, -0.2) is 0 Å². The molecule has 2 N–H and O–H groups in total. The first-order valence-corrected chi connectivity index (χ1v) is 7.83. The summed E-state index contributed by atoms with van der Waals surface area (Å²) in [5.41, 5.74) is 2.04. The third-order valence-corrected chi connectivity index (χ3v) is 4.06. The number of benzene rings is 2. The minimum atomic E-state index is 0. The van der Waals surface area contributed by atoms with Gasteiger partial charge in [-0.15, -0.1) is 24.8 Å². The van der Waals surface area contributed by atoms with Crippen LogP contribution in [0.1, 0.15) is 0 Å². The molecule has 1 fully saturated rings. The van der Waals surface area contributed by atoms with Gasteiger partial charge >= 0.3 is 0 Å². The van der Waals surface area contributed by atoms with E-state index in [1.54, 1.807) is 12.1 Å². The fourth-order valence-electron chi connectivity index (χ4n) is 2.72. The number of piperazine rings is 1. The summed E-state index contributed by atoms with van der Waals surface area (Å²) < 4.78 is 0. The van der Waals surface area contributed by atoms with E-state index in [1.807, 2.05) is 47.4 Å². The van der Waals surface area contributed by atoms with Crippen LogP contribution in [0.4, 0.5) is 11.4 Å². The molecule has 1 aliphatic rings. The van der Waals surface area contributed by atoms with Crippen LogP contribution in [-0.2, 0) is 4.79 Å². The van der Waals surface area contributed by atoms with Crippen molar-refractivity contribution >= 4 is 42.1 Å². The molecule has 0 unspecified atom stereocenters. The molecule has 2 aromatic carbocycles. The van der Waals surface area contributed by atoms with Gasteiger partial charge in [-0.3, -0.25) is 4.79 Å². The molecular weight excluding hydrogens is 361 g/mol. The predicted octanol–water partition coefficient (Wildman–Crippen LogP) is 3.00. The summed E-state index contributed by atoms with van der Waals surface area (Å²) >= 11 is 0. The molecule has 1 aliphatic heterocycles. The summed E-state index contributed by atoms with van der Waals surface area (Å²) in [6.07, 6.45) is 0. The summed E-state index contributed by atoms with van der Waals surface area (Å²) in [5, 5.41) is 12.5. The first-order chi connectivity index (χ1) is 11.2. The fourth-order valence-corrected chi connectivity index (χ4v) is 2.72. The van der Waals surface area contributed by atoms with Crippen molar-refractivity contribution in [2.75, 3.05) is 42.9 Å². The number of anilines is 2. The molecule has 0 aromatic heterocycles. The Bertz CT molecular complexity index is 645. The number of phenolic OH excluding ortho intramolecular Hbond substituents is 1. The van der Waals surface area contributed by atoms with Crippen molar-refractivity contribution < 1.29 is 9.90 Å². The van der Waals surface area contributed by atoms with E-state index in [4.69, 9.17) is 0 Å². The van der Waals surface area contributed by atoms with Crippen molar-refractivity contribution in [2.24, 2.45) is 0 Å². The highest BCUT2D eigenvalue weighted by Crippen LogP contribution is 2.19. The molecule has 0 atom stereocenters. The molecule has 136 valence electrons. The summed E-state index contributed by atoms with van der Waals surface area (Å²) in [5.74, 6) is 0.397. The van der Waals surface area contributed by atoms with Gasteiger partial charge in [0.25, 0.3) is 0 Å². The molecule has 0 radical (unpaired) electrons. The number of hydrogen-bond donors (Lipinski definition) is 2. The number of nitrogens with zero attached hydrogens (tertiary/aromatic N) is 2. The Morgan fingerprint density at radius 3 is 2.12 bits per heavy atom. The summed E-state index contributed by atoms with van der Waals surface area (Å²) in [4.78, 5) is 16.4. The first kappa shape index (κ1) is 20.9. The van der Waals surface area contributed by atoms with Crippen LogP contribution in [0.25, 0.3) is 0 Å². The molecular formula is C18H23Cl2N3O2. The molecule has 7 heteroatoms. The highest BCUT2D eigenvalue weighted by atomic mass is 35.5. The maximum Gasteiger partial charge on any atom is 0.241 e. The molecule has 0 spiro atoms. The normalized spacial score (nSPS) is 13.4. The van der Waals surface area contributed by atoms with E-state index < -0.39 is 0 Å². The Hall–Kier alpha value is -2.11. The number of carbonyl (C=O) groups excluding carboxylic acids is 1. The van der Waals surface area contributed by atoms with E-state index >= 15 is 0 Å². The molecule has 25 heavy (non-hydrogen) atoms. The number of amides is 1. The van der Waals surface area contributed by atoms with Crippen LogP contribution in [0.2, 0.25) is 0 Å². The van der Waals surface area contributed by atoms with Gasteiger partial charge in [0, 0.05) is 37.6 Å². The molecule has 0 bridgehead atoms. The molecule has 2 aromatic rings. The second-order valence-electron chi connectivity index (χ2n) is 5.60. The quantitative estimate of drug-likeness (QED) is 0.851. The second-order valence-corrected chi connectivity index (χ2v) is 5.60. The Kier molecular flexibility index (Phi) is 8.38. The van der Waals surface area contributed by atoms with Gasteiger partial charge in [0.2, 0.25) is 5.91 Å². The van der Waals surface area contributed by atoms with Crippen LogP contribution >= 0.6 is 24.8 Å². The van der Waals surface area contributed by atoms with E-state index in [0.29, 0.717) is 6.54 Å². The van der Waals surface area contributed by atoms with E-state index in [1.165, 1.54) is 0 Å². The maximum absolute atomic E-state index is 12.3. The molecule has 1 amide bonds. The van der Waals surface area contributed by atoms with E-state index in [-0.39, 0.29) is 36.5 Å². The lowest BCUT2D eigenvalue weighted by atomic mass is 10.2. The fraction of sp³-hybridized carbons (Fsp3) is 0.278. The van der Waals surface area contributed by atoms with Gasteiger partial charge in [-0.1, -0.05) is 18.2 Å².